The van der Waals surface area contributed by atoms with Crippen LogP contribution in [0.4, 0.5) is 0 Å². The average molecular weight is 255 g/mol. The van der Waals surface area contributed by atoms with Gasteiger partial charge in [-0.25, -0.2) is 0 Å². The Morgan fingerprint density at radius 2 is 1.82 bits per heavy atom. The van der Waals surface area contributed by atoms with Gasteiger partial charge in [0, 0.05) is 23.6 Å². The van der Waals surface area contributed by atoms with E-state index in [0.717, 1.165) is 17.2 Å². The predicted molar refractivity (Wildman–Crippen MR) is 78.8 cm³/mol. The Balaban J connectivity index is 1.50. The van der Waals surface area contributed by atoms with Crippen molar-refractivity contribution in [2.45, 2.75) is 76.0 Å². The van der Waals surface area contributed by atoms with Crippen LogP contribution >= 0.6 is 11.8 Å². The van der Waals surface area contributed by atoms with E-state index >= 15 is 0 Å². The van der Waals surface area contributed by atoms with Crippen LogP contribution in [0, 0.1) is 5.92 Å². The van der Waals surface area contributed by atoms with Gasteiger partial charge in [0.25, 0.3) is 0 Å². The quantitative estimate of drug-likeness (QED) is 0.738. The third kappa shape index (κ3) is 5.21. The summed E-state index contributed by atoms with van der Waals surface area (Å²) < 4.78 is 0. The molecule has 2 saturated carbocycles. The molecule has 2 unspecified atom stereocenters. The molecule has 1 nitrogen and oxygen atoms in total. The highest BCUT2D eigenvalue weighted by molar-refractivity contribution is 7.99. The molecule has 2 rings (SSSR count). The minimum Gasteiger partial charge on any atom is -0.313 e. The Hall–Kier alpha value is 0.310. The molecule has 2 aliphatic carbocycles. The van der Waals surface area contributed by atoms with E-state index in [9.17, 15) is 0 Å². The molecular formula is C15H29NS. The molecule has 17 heavy (non-hydrogen) atoms. The van der Waals surface area contributed by atoms with Gasteiger partial charge in [-0.05, 0) is 31.6 Å². The maximum absolute atomic E-state index is 3.77. The molecule has 0 aromatic heterocycles. The van der Waals surface area contributed by atoms with Crippen LogP contribution in [0.5, 0.6) is 0 Å². The van der Waals surface area contributed by atoms with Crippen molar-refractivity contribution in [3.63, 3.8) is 0 Å². The highest BCUT2D eigenvalue weighted by Gasteiger charge is 2.18. The zero-order valence-electron chi connectivity index (χ0n) is 11.4. The Labute approximate surface area is 112 Å². The highest BCUT2D eigenvalue weighted by atomic mass is 32.2. The van der Waals surface area contributed by atoms with Gasteiger partial charge >= 0.3 is 0 Å². The first-order chi connectivity index (χ1) is 8.34. The molecule has 2 atom stereocenters. The minimum atomic E-state index is 0.825. The zero-order chi connectivity index (χ0) is 11.9. The fourth-order valence-corrected chi connectivity index (χ4v) is 4.58. The number of thioether (sulfide) groups is 1. The first kappa shape index (κ1) is 13.7. The summed E-state index contributed by atoms with van der Waals surface area (Å²) in [6.45, 7) is 3.64. The molecule has 0 aliphatic heterocycles. The van der Waals surface area contributed by atoms with Crippen molar-refractivity contribution in [2.24, 2.45) is 5.92 Å². The summed E-state index contributed by atoms with van der Waals surface area (Å²) in [5.41, 5.74) is 0. The van der Waals surface area contributed by atoms with Crippen molar-refractivity contribution in [1.29, 1.82) is 0 Å². The maximum Gasteiger partial charge on any atom is 0.00699 e. The van der Waals surface area contributed by atoms with Gasteiger partial charge in [-0.15, -0.1) is 0 Å². The topological polar surface area (TPSA) is 12.0 Å². The fourth-order valence-electron chi connectivity index (χ4n) is 3.34. The molecule has 0 spiro atoms. The summed E-state index contributed by atoms with van der Waals surface area (Å²) in [7, 11) is 0. The molecule has 0 heterocycles. The molecule has 0 aromatic carbocycles. The van der Waals surface area contributed by atoms with Gasteiger partial charge in [0.2, 0.25) is 0 Å². The van der Waals surface area contributed by atoms with E-state index in [-0.39, 0.29) is 0 Å². The standard InChI is InChI=1S/C15H29NS/c1-13-6-5-7-14(12-13)16-10-11-17-15-8-3-2-4-9-15/h13-16H,2-12H2,1H3. The largest absolute Gasteiger partial charge is 0.313 e. The van der Waals surface area contributed by atoms with Crippen LogP contribution < -0.4 is 5.32 Å². The maximum atomic E-state index is 3.77. The number of hydrogen-bond acceptors (Lipinski definition) is 2. The minimum absolute atomic E-state index is 0.825. The van der Waals surface area contributed by atoms with E-state index < -0.39 is 0 Å². The monoisotopic (exact) mass is 255 g/mol. The van der Waals surface area contributed by atoms with Crippen LogP contribution in [0.1, 0.15) is 64.7 Å². The summed E-state index contributed by atoms with van der Waals surface area (Å²) in [6.07, 6.45) is 13.1. The first-order valence-electron chi connectivity index (χ1n) is 7.69. The molecule has 0 saturated heterocycles. The Kier molecular flexibility index (Phi) is 6.21. The van der Waals surface area contributed by atoms with E-state index in [2.05, 4.69) is 24.0 Å². The third-order valence-corrected chi connectivity index (χ3v) is 5.76. The van der Waals surface area contributed by atoms with Crippen molar-refractivity contribution in [2.75, 3.05) is 12.3 Å². The lowest BCUT2D eigenvalue weighted by molar-refractivity contribution is 0.306. The molecule has 2 heteroatoms. The van der Waals surface area contributed by atoms with Gasteiger partial charge in [-0.1, -0.05) is 39.0 Å². The van der Waals surface area contributed by atoms with Crippen LogP contribution in [0.15, 0.2) is 0 Å². The second kappa shape index (κ2) is 7.68. The van der Waals surface area contributed by atoms with E-state index in [1.54, 1.807) is 0 Å². The van der Waals surface area contributed by atoms with E-state index in [1.807, 2.05) is 0 Å². The summed E-state index contributed by atoms with van der Waals surface area (Å²) in [5, 5.41) is 4.75. The molecule has 0 bridgehead atoms. The van der Waals surface area contributed by atoms with E-state index in [1.165, 1.54) is 70.1 Å². The van der Waals surface area contributed by atoms with Crippen LogP contribution in [0.2, 0.25) is 0 Å². The number of rotatable bonds is 5. The Morgan fingerprint density at radius 1 is 1.00 bits per heavy atom. The van der Waals surface area contributed by atoms with Crippen molar-refractivity contribution < 1.29 is 0 Å². The van der Waals surface area contributed by atoms with E-state index in [0.29, 0.717) is 0 Å². The fraction of sp³-hybridized carbons (Fsp3) is 1.00. The second-order valence-corrected chi connectivity index (χ2v) is 7.46. The van der Waals surface area contributed by atoms with Gasteiger partial charge < -0.3 is 5.32 Å². The summed E-state index contributed by atoms with van der Waals surface area (Å²) in [4.78, 5) is 0. The summed E-state index contributed by atoms with van der Waals surface area (Å²) in [6, 6.07) is 0.825. The third-order valence-electron chi connectivity index (χ3n) is 4.38. The van der Waals surface area contributed by atoms with E-state index in [4.69, 9.17) is 0 Å². The van der Waals surface area contributed by atoms with Crippen molar-refractivity contribution in [3.8, 4) is 0 Å². The number of hydrogen-bond donors (Lipinski definition) is 1. The molecule has 0 radical (unpaired) electrons. The van der Waals surface area contributed by atoms with Gasteiger partial charge in [-0.3, -0.25) is 0 Å². The SMILES string of the molecule is CC1CCCC(NCCSC2CCCCC2)C1. The zero-order valence-corrected chi connectivity index (χ0v) is 12.2. The first-order valence-corrected chi connectivity index (χ1v) is 8.74. The van der Waals surface area contributed by atoms with Gasteiger partial charge in [0.15, 0.2) is 0 Å². The van der Waals surface area contributed by atoms with Crippen LogP contribution in [0.25, 0.3) is 0 Å². The van der Waals surface area contributed by atoms with Crippen LogP contribution in [-0.4, -0.2) is 23.6 Å². The van der Waals surface area contributed by atoms with Crippen molar-refractivity contribution >= 4 is 11.8 Å². The average Bonchev–Trinajstić information content (AvgIpc) is 2.36. The predicted octanol–water partition coefficient (Wildman–Crippen LogP) is 4.22. The second-order valence-electron chi connectivity index (χ2n) is 6.05. The molecule has 1 N–H and O–H groups in total. The molecule has 2 aliphatic rings. The normalized spacial score (nSPS) is 31.6. The molecule has 100 valence electrons. The van der Waals surface area contributed by atoms with Crippen molar-refractivity contribution in [3.05, 3.63) is 0 Å². The molecule has 0 amide bonds. The molecule has 2 fully saturated rings. The van der Waals surface area contributed by atoms with Gasteiger partial charge in [0.05, 0.1) is 0 Å². The summed E-state index contributed by atoms with van der Waals surface area (Å²) in [5.74, 6) is 2.28. The molecule has 0 aromatic rings. The van der Waals surface area contributed by atoms with Gasteiger partial charge in [0.1, 0.15) is 0 Å². The smallest absolute Gasteiger partial charge is 0.00699 e. The summed E-state index contributed by atoms with van der Waals surface area (Å²) >= 11 is 2.22. The van der Waals surface area contributed by atoms with Crippen molar-refractivity contribution in [1.82, 2.24) is 5.32 Å². The lowest BCUT2D eigenvalue weighted by Crippen LogP contribution is -2.35. The Bertz CT molecular complexity index is 201. The Morgan fingerprint density at radius 3 is 2.59 bits per heavy atom. The highest BCUT2D eigenvalue weighted by Crippen LogP contribution is 2.28. The van der Waals surface area contributed by atoms with Gasteiger partial charge in [-0.2, -0.15) is 11.8 Å². The number of nitrogens with one attached hydrogen (secondary N) is 1. The van der Waals surface area contributed by atoms with Crippen LogP contribution in [-0.2, 0) is 0 Å². The van der Waals surface area contributed by atoms with Crippen LogP contribution in [0.3, 0.4) is 0 Å². The lowest BCUT2D eigenvalue weighted by Gasteiger charge is -2.28. The molecular weight excluding hydrogens is 226 g/mol. The lowest BCUT2D eigenvalue weighted by atomic mass is 9.87.